The van der Waals surface area contributed by atoms with Gasteiger partial charge in [-0.3, -0.25) is 0 Å². The summed E-state index contributed by atoms with van der Waals surface area (Å²) < 4.78 is 39.1. The Labute approximate surface area is 120 Å². The largest absolute Gasteiger partial charge is 0.204 e. The van der Waals surface area contributed by atoms with E-state index >= 15 is 0 Å². The van der Waals surface area contributed by atoms with Crippen molar-refractivity contribution in [2.45, 2.75) is 0 Å². The van der Waals surface area contributed by atoms with Crippen molar-refractivity contribution < 1.29 is 13.2 Å². The van der Waals surface area contributed by atoms with E-state index in [-0.39, 0.29) is 5.56 Å². The summed E-state index contributed by atoms with van der Waals surface area (Å²) in [5, 5.41) is 2.20. The van der Waals surface area contributed by atoms with Gasteiger partial charge in [-0.15, -0.1) is 0 Å². The predicted molar refractivity (Wildman–Crippen MR) is 79.2 cm³/mol. The molecular weight excluding hydrogens is 273 g/mol. The van der Waals surface area contributed by atoms with Crippen LogP contribution >= 0.6 is 0 Å². The molecule has 0 nitrogen and oxygen atoms in total. The first-order valence-electron chi connectivity index (χ1n) is 6.45. The molecule has 0 heterocycles. The van der Waals surface area contributed by atoms with Gasteiger partial charge in [0.15, 0.2) is 17.5 Å². The monoisotopic (exact) mass is 284 g/mol. The van der Waals surface area contributed by atoms with Crippen molar-refractivity contribution in [2.75, 3.05) is 0 Å². The zero-order valence-electron chi connectivity index (χ0n) is 11.0. The van der Waals surface area contributed by atoms with Gasteiger partial charge in [-0.05, 0) is 40.1 Å². The number of fused-ring (bicyclic) bond motifs is 1. The highest BCUT2D eigenvalue weighted by molar-refractivity contribution is 5.85. The van der Waals surface area contributed by atoms with Crippen LogP contribution in [0, 0.1) is 17.5 Å². The average molecular weight is 284 g/mol. The molecule has 0 spiro atoms. The van der Waals surface area contributed by atoms with Crippen molar-refractivity contribution in [3.05, 3.63) is 83.2 Å². The van der Waals surface area contributed by atoms with Gasteiger partial charge in [0.05, 0.1) is 0 Å². The molecule has 104 valence electrons. The molecule has 0 aliphatic heterocycles. The molecule has 0 aliphatic carbocycles. The predicted octanol–water partition coefficient (Wildman–Crippen LogP) is 5.43. The van der Waals surface area contributed by atoms with E-state index in [2.05, 4.69) is 0 Å². The van der Waals surface area contributed by atoms with Crippen LogP contribution < -0.4 is 0 Å². The fourth-order valence-corrected chi connectivity index (χ4v) is 2.18. The molecule has 3 rings (SSSR count). The Kier molecular flexibility index (Phi) is 3.48. The van der Waals surface area contributed by atoms with Crippen molar-refractivity contribution in [2.24, 2.45) is 0 Å². The Bertz CT molecular complexity index is 812. The second-order valence-electron chi connectivity index (χ2n) is 4.74. The van der Waals surface area contributed by atoms with Crippen LogP contribution in [0.2, 0.25) is 0 Å². The van der Waals surface area contributed by atoms with Crippen molar-refractivity contribution in [1.29, 1.82) is 0 Å². The molecule has 0 saturated carbocycles. The first-order chi connectivity index (χ1) is 10.1. The molecule has 3 aromatic rings. The maximum atomic E-state index is 13.1. The molecule has 0 amide bonds. The van der Waals surface area contributed by atoms with Crippen molar-refractivity contribution in [1.82, 2.24) is 0 Å². The van der Waals surface area contributed by atoms with Crippen LogP contribution in [0.25, 0.3) is 22.9 Å². The summed E-state index contributed by atoms with van der Waals surface area (Å²) in [7, 11) is 0. The summed E-state index contributed by atoms with van der Waals surface area (Å²) in [5.74, 6) is -3.82. The Balaban J connectivity index is 1.94. The lowest BCUT2D eigenvalue weighted by Gasteiger charge is -2.00. The van der Waals surface area contributed by atoms with Crippen LogP contribution in [-0.2, 0) is 0 Å². The summed E-state index contributed by atoms with van der Waals surface area (Å²) in [4.78, 5) is 0. The SMILES string of the molecule is Fc1cc(/C=C/c2ccc3ccccc3c2)cc(F)c1F. The summed E-state index contributed by atoms with van der Waals surface area (Å²) in [5.41, 5.74) is 1.18. The van der Waals surface area contributed by atoms with Gasteiger partial charge in [-0.1, -0.05) is 48.6 Å². The lowest BCUT2D eigenvalue weighted by Crippen LogP contribution is -1.90. The van der Waals surface area contributed by atoms with Gasteiger partial charge in [0.2, 0.25) is 0 Å². The van der Waals surface area contributed by atoms with Crippen LogP contribution in [0.3, 0.4) is 0 Å². The van der Waals surface area contributed by atoms with Gasteiger partial charge in [-0.25, -0.2) is 13.2 Å². The van der Waals surface area contributed by atoms with Gasteiger partial charge < -0.3 is 0 Å². The first-order valence-corrected chi connectivity index (χ1v) is 6.45. The maximum absolute atomic E-state index is 13.1. The van der Waals surface area contributed by atoms with Gasteiger partial charge in [0.1, 0.15) is 0 Å². The van der Waals surface area contributed by atoms with E-state index in [0.717, 1.165) is 28.5 Å². The molecule has 0 fully saturated rings. The summed E-state index contributed by atoms with van der Waals surface area (Å²) >= 11 is 0. The fraction of sp³-hybridized carbons (Fsp3) is 0. The van der Waals surface area contributed by atoms with Crippen molar-refractivity contribution in [3.8, 4) is 0 Å². The van der Waals surface area contributed by atoms with Crippen LogP contribution in [0.15, 0.2) is 54.6 Å². The first kappa shape index (κ1) is 13.4. The van der Waals surface area contributed by atoms with Gasteiger partial charge in [-0.2, -0.15) is 0 Å². The number of halogens is 3. The molecule has 0 unspecified atom stereocenters. The van der Waals surface area contributed by atoms with E-state index in [9.17, 15) is 13.2 Å². The highest BCUT2D eigenvalue weighted by atomic mass is 19.2. The average Bonchev–Trinajstić information content (AvgIpc) is 2.50. The molecule has 0 saturated heterocycles. The Morgan fingerprint density at radius 3 is 1.95 bits per heavy atom. The third-order valence-electron chi connectivity index (χ3n) is 3.25. The molecule has 21 heavy (non-hydrogen) atoms. The third-order valence-corrected chi connectivity index (χ3v) is 3.25. The van der Waals surface area contributed by atoms with Gasteiger partial charge in [0, 0.05) is 0 Å². The second kappa shape index (κ2) is 5.44. The van der Waals surface area contributed by atoms with Crippen LogP contribution in [0.4, 0.5) is 13.2 Å². The van der Waals surface area contributed by atoms with E-state index in [1.54, 1.807) is 12.2 Å². The minimum absolute atomic E-state index is 0.277. The second-order valence-corrected chi connectivity index (χ2v) is 4.74. The minimum Gasteiger partial charge on any atom is -0.204 e. The highest BCUT2D eigenvalue weighted by Crippen LogP contribution is 2.19. The van der Waals surface area contributed by atoms with E-state index < -0.39 is 17.5 Å². The standard InChI is InChI=1S/C18H11F3/c19-16-10-13(11-17(20)18(16)21)6-5-12-7-8-14-3-1-2-4-15(14)9-12/h1-11H/b6-5+. The number of hydrogen-bond acceptors (Lipinski definition) is 0. The molecule has 3 aromatic carbocycles. The van der Waals surface area contributed by atoms with E-state index in [1.165, 1.54) is 0 Å². The van der Waals surface area contributed by atoms with Crippen LogP contribution in [0.1, 0.15) is 11.1 Å². The zero-order chi connectivity index (χ0) is 14.8. The Morgan fingerprint density at radius 2 is 1.24 bits per heavy atom. The normalized spacial score (nSPS) is 11.4. The minimum atomic E-state index is -1.45. The van der Waals surface area contributed by atoms with Crippen molar-refractivity contribution in [3.63, 3.8) is 0 Å². The number of rotatable bonds is 2. The molecule has 0 N–H and O–H groups in total. The topological polar surface area (TPSA) is 0 Å². The smallest absolute Gasteiger partial charge is 0.194 e. The highest BCUT2D eigenvalue weighted by Gasteiger charge is 2.08. The summed E-state index contributed by atoms with van der Waals surface area (Å²) in [6, 6.07) is 15.7. The Hall–Kier alpha value is -2.55. The Morgan fingerprint density at radius 1 is 0.619 bits per heavy atom. The lowest BCUT2D eigenvalue weighted by molar-refractivity contribution is 0.447. The molecule has 0 aliphatic rings. The van der Waals surface area contributed by atoms with Gasteiger partial charge >= 0.3 is 0 Å². The van der Waals surface area contributed by atoms with Crippen LogP contribution in [0.5, 0.6) is 0 Å². The molecule has 0 radical (unpaired) electrons. The quantitative estimate of drug-likeness (QED) is 0.435. The summed E-state index contributed by atoms with van der Waals surface area (Å²) in [6.07, 6.45) is 3.29. The fourth-order valence-electron chi connectivity index (χ4n) is 2.18. The maximum Gasteiger partial charge on any atom is 0.194 e. The summed E-state index contributed by atoms with van der Waals surface area (Å²) in [6.45, 7) is 0. The van der Waals surface area contributed by atoms with E-state index in [4.69, 9.17) is 0 Å². The number of benzene rings is 3. The number of hydrogen-bond donors (Lipinski definition) is 0. The van der Waals surface area contributed by atoms with Crippen LogP contribution in [-0.4, -0.2) is 0 Å². The molecule has 0 bridgehead atoms. The third kappa shape index (κ3) is 2.82. The molecular formula is C18H11F3. The molecule has 0 atom stereocenters. The zero-order valence-corrected chi connectivity index (χ0v) is 11.0. The van der Waals surface area contributed by atoms with Crippen molar-refractivity contribution >= 4 is 22.9 Å². The molecule has 0 aromatic heterocycles. The van der Waals surface area contributed by atoms with E-state index in [1.807, 2.05) is 42.5 Å². The van der Waals surface area contributed by atoms with Gasteiger partial charge in [0.25, 0.3) is 0 Å². The lowest BCUT2D eigenvalue weighted by atomic mass is 10.1. The van der Waals surface area contributed by atoms with E-state index in [0.29, 0.717) is 0 Å². The molecule has 3 heteroatoms.